The Hall–Kier alpha value is -2.84. The van der Waals surface area contributed by atoms with Gasteiger partial charge in [0.1, 0.15) is 11.5 Å². The monoisotopic (exact) mass is 359 g/mol. The van der Waals surface area contributed by atoms with Crippen LogP contribution in [0.15, 0.2) is 83.9 Å². The summed E-state index contributed by atoms with van der Waals surface area (Å²) in [5.74, 6) is 1.61. The molecular weight excluding hydrogens is 342 g/mol. The van der Waals surface area contributed by atoms with Crippen LogP contribution in [-0.2, 0) is 6.42 Å². The maximum Gasteiger partial charge on any atom is 0.127 e. The van der Waals surface area contributed by atoms with Crippen LogP contribution in [0.4, 0.5) is 0 Å². The number of halogens is 1. The van der Waals surface area contributed by atoms with Gasteiger partial charge in [-0.2, -0.15) is 0 Å². The molecule has 2 nitrogen and oxygen atoms in total. The molecule has 1 aliphatic rings. The zero-order chi connectivity index (χ0) is 17.8. The maximum absolute atomic E-state index is 5.95. The van der Waals surface area contributed by atoms with Crippen LogP contribution in [0.2, 0.25) is 5.02 Å². The van der Waals surface area contributed by atoms with E-state index in [1.807, 2.05) is 48.5 Å². The fraction of sp³-hybridized carbons (Fsp3) is 0.0870. The molecule has 3 aromatic carbocycles. The summed E-state index contributed by atoms with van der Waals surface area (Å²) in [6.07, 6.45) is 5.12. The van der Waals surface area contributed by atoms with E-state index >= 15 is 0 Å². The molecule has 1 heterocycles. The van der Waals surface area contributed by atoms with Gasteiger partial charge in [0.2, 0.25) is 0 Å². The lowest BCUT2D eigenvalue weighted by Gasteiger charge is -2.16. The highest BCUT2D eigenvalue weighted by Gasteiger charge is 2.13. The standard InChI is InChI=1S/C23H18ClNO/c24-19-7-9-20(10-8-19)26-21-11-12-22-18(16-21)14-15-25-23(22)13-6-17-4-2-1-3-5-17/h1-13,16H,14-15H2. The van der Waals surface area contributed by atoms with Crippen molar-refractivity contribution in [1.29, 1.82) is 0 Å². The third-order valence-electron chi connectivity index (χ3n) is 4.30. The van der Waals surface area contributed by atoms with Gasteiger partial charge in [0, 0.05) is 17.1 Å². The summed E-state index contributed by atoms with van der Waals surface area (Å²) in [6, 6.07) is 23.9. The Bertz CT molecular complexity index is 959. The summed E-state index contributed by atoms with van der Waals surface area (Å²) < 4.78 is 5.95. The first-order valence-electron chi connectivity index (χ1n) is 8.62. The number of aliphatic imine (C=N–C) groups is 1. The molecule has 128 valence electrons. The van der Waals surface area contributed by atoms with E-state index in [0.717, 1.165) is 30.2 Å². The van der Waals surface area contributed by atoms with E-state index in [-0.39, 0.29) is 0 Å². The van der Waals surface area contributed by atoms with Gasteiger partial charge in [0.25, 0.3) is 0 Å². The van der Waals surface area contributed by atoms with Crippen LogP contribution >= 0.6 is 11.6 Å². The third kappa shape index (κ3) is 3.87. The molecule has 0 aromatic heterocycles. The second-order valence-corrected chi connectivity index (χ2v) is 6.57. The Morgan fingerprint density at radius 2 is 1.62 bits per heavy atom. The molecule has 26 heavy (non-hydrogen) atoms. The molecule has 0 saturated heterocycles. The Labute approximate surface area is 158 Å². The third-order valence-corrected chi connectivity index (χ3v) is 4.55. The van der Waals surface area contributed by atoms with Gasteiger partial charge in [-0.1, -0.05) is 48.0 Å². The van der Waals surface area contributed by atoms with Crippen molar-refractivity contribution in [3.8, 4) is 11.5 Å². The minimum atomic E-state index is 0.703. The summed E-state index contributed by atoms with van der Waals surface area (Å²) in [7, 11) is 0. The van der Waals surface area contributed by atoms with E-state index in [2.05, 4.69) is 41.4 Å². The average molecular weight is 360 g/mol. The first-order chi connectivity index (χ1) is 12.8. The maximum atomic E-state index is 5.95. The zero-order valence-electron chi connectivity index (χ0n) is 14.2. The summed E-state index contributed by atoms with van der Waals surface area (Å²) >= 11 is 5.92. The molecule has 0 amide bonds. The van der Waals surface area contributed by atoms with Crippen LogP contribution in [0.5, 0.6) is 11.5 Å². The van der Waals surface area contributed by atoms with Gasteiger partial charge in [0.15, 0.2) is 0 Å². The largest absolute Gasteiger partial charge is 0.457 e. The molecule has 4 rings (SSSR count). The number of hydrogen-bond acceptors (Lipinski definition) is 2. The van der Waals surface area contributed by atoms with Crippen molar-refractivity contribution in [2.24, 2.45) is 4.99 Å². The molecule has 0 bridgehead atoms. The van der Waals surface area contributed by atoms with Gasteiger partial charge >= 0.3 is 0 Å². The number of ether oxygens (including phenoxy) is 1. The van der Waals surface area contributed by atoms with Crippen LogP contribution in [0.1, 0.15) is 16.7 Å². The van der Waals surface area contributed by atoms with E-state index in [4.69, 9.17) is 16.3 Å². The van der Waals surface area contributed by atoms with Crippen molar-refractivity contribution in [1.82, 2.24) is 0 Å². The molecule has 0 aliphatic carbocycles. The summed E-state index contributed by atoms with van der Waals surface area (Å²) in [4.78, 5) is 4.68. The zero-order valence-corrected chi connectivity index (χ0v) is 15.0. The van der Waals surface area contributed by atoms with E-state index in [0.29, 0.717) is 5.02 Å². The van der Waals surface area contributed by atoms with Crippen molar-refractivity contribution < 1.29 is 4.74 Å². The molecule has 0 atom stereocenters. The first kappa shape index (κ1) is 16.6. The highest BCUT2D eigenvalue weighted by Crippen LogP contribution is 2.27. The predicted molar refractivity (Wildman–Crippen MR) is 109 cm³/mol. The van der Waals surface area contributed by atoms with Crippen LogP contribution in [-0.4, -0.2) is 12.3 Å². The molecule has 1 aliphatic heterocycles. The lowest BCUT2D eigenvalue weighted by molar-refractivity contribution is 0.482. The van der Waals surface area contributed by atoms with Crippen LogP contribution in [0, 0.1) is 0 Å². The van der Waals surface area contributed by atoms with Gasteiger partial charge in [-0.3, -0.25) is 4.99 Å². The van der Waals surface area contributed by atoms with E-state index in [9.17, 15) is 0 Å². The van der Waals surface area contributed by atoms with E-state index in [1.54, 1.807) is 0 Å². The van der Waals surface area contributed by atoms with Gasteiger partial charge in [0.05, 0.1) is 5.71 Å². The van der Waals surface area contributed by atoms with Crippen LogP contribution in [0.3, 0.4) is 0 Å². The predicted octanol–water partition coefficient (Wildman–Crippen LogP) is 6.19. The first-order valence-corrected chi connectivity index (χ1v) is 9.00. The Kier molecular flexibility index (Phi) is 4.85. The minimum Gasteiger partial charge on any atom is -0.457 e. The van der Waals surface area contributed by atoms with Crippen LogP contribution in [0.25, 0.3) is 6.08 Å². The summed E-state index contributed by atoms with van der Waals surface area (Å²) in [5, 5.41) is 0.703. The molecule has 0 fully saturated rings. The lowest BCUT2D eigenvalue weighted by atomic mass is 9.96. The lowest BCUT2D eigenvalue weighted by Crippen LogP contribution is -2.10. The number of nitrogens with zero attached hydrogens (tertiary/aromatic N) is 1. The average Bonchev–Trinajstić information content (AvgIpc) is 2.69. The fourth-order valence-electron chi connectivity index (χ4n) is 2.99. The number of hydrogen-bond donors (Lipinski definition) is 0. The number of benzene rings is 3. The smallest absolute Gasteiger partial charge is 0.127 e. The Morgan fingerprint density at radius 1 is 0.846 bits per heavy atom. The van der Waals surface area contributed by atoms with Gasteiger partial charge in [-0.25, -0.2) is 0 Å². The van der Waals surface area contributed by atoms with Gasteiger partial charge in [-0.05, 0) is 66.1 Å². The molecule has 0 unspecified atom stereocenters. The highest BCUT2D eigenvalue weighted by molar-refractivity contribution is 6.30. The molecule has 3 aromatic rings. The van der Waals surface area contributed by atoms with E-state index in [1.165, 1.54) is 16.7 Å². The topological polar surface area (TPSA) is 21.6 Å². The molecule has 0 saturated carbocycles. The van der Waals surface area contributed by atoms with Crippen molar-refractivity contribution >= 4 is 23.4 Å². The number of allylic oxidation sites excluding steroid dienone is 1. The highest BCUT2D eigenvalue weighted by atomic mass is 35.5. The second-order valence-electron chi connectivity index (χ2n) is 6.14. The molecule has 0 radical (unpaired) electrons. The van der Waals surface area contributed by atoms with Crippen molar-refractivity contribution in [2.75, 3.05) is 6.54 Å². The Balaban J connectivity index is 1.55. The minimum absolute atomic E-state index is 0.703. The molecular formula is C23H18ClNO. The van der Waals surface area contributed by atoms with Crippen molar-refractivity contribution in [2.45, 2.75) is 6.42 Å². The summed E-state index contributed by atoms with van der Waals surface area (Å²) in [6.45, 7) is 0.797. The SMILES string of the molecule is Clc1ccc(Oc2ccc3c(c2)CCN=C3C=Cc2ccccc2)cc1. The normalized spacial score (nSPS) is 13.3. The van der Waals surface area contributed by atoms with Gasteiger partial charge < -0.3 is 4.74 Å². The van der Waals surface area contributed by atoms with E-state index < -0.39 is 0 Å². The number of rotatable bonds is 4. The van der Waals surface area contributed by atoms with Crippen LogP contribution < -0.4 is 4.74 Å². The summed E-state index contributed by atoms with van der Waals surface area (Å²) in [5.41, 5.74) is 4.63. The molecule has 3 heteroatoms. The van der Waals surface area contributed by atoms with Gasteiger partial charge in [-0.15, -0.1) is 0 Å². The van der Waals surface area contributed by atoms with Crippen molar-refractivity contribution in [3.63, 3.8) is 0 Å². The molecule has 0 N–H and O–H groups in total. The second kappa shape index (κ2) is 7.59. The fourth-order valence-corrected chi connectivity index (χ4v) is 3.12. The van der Waals surface area contributed by atoms with Crippen molar-refractivity contribution in [3.05, 3.63) is 101 Å². The Morgan fingerprint density at radius 3 is 2.42 bits per heavy atom. The molecule has 0 spiro atoms. The number of fused-ring (bicyclic) bond motifs is 1. The quantitative estimate of drug-likeness (QED) is 0.544.